The molecule has 1 heterocycles. The van der Waals surface area contributed by atoms with Gasteiger partial charge in [-0.15, -0.1) is 11.3 Å². The zero-order chi connectivity index (χ0) is 17.7. The quantitative estimate of drug-likeness (QED) is 0.891. The minimum atomic E-state index is -4.48. The minimum Gasteiger partial charge on any atom is -0.350 e. The number of nitrogens with zero attached hydrogens (tertiary/aromatic N) is 1. The molecule has 4 nitrogen and oxygen atoms in total. The Kier molecular flexibility index (Phi) is 5.61. The van der Waals surface area contributed by atoms with E-state index < -0.39 is 17.6 Å². The third-order valence-corrected chi connectivity index (χ3v) is 4.10. The van der Waals surface area contributed by atoms with E-state index in [4.69, 9.17) is 0 Å². The molecule has 0 fully saturated rings. The molecule has 0 atom stereocenters. The summed E-state index contributed by atoms with van der Waals surface area (Å²) in [5.74, 6) is -0.683. The number of amides is 2. The molecule has 24 heavy (non-hydrogen) atoms. The SMILES string of the molecule is CC(=O)N(CCNC(=O)c1cccs1)c1cccc(C(F)(F)F)c1. The lowest BCUT2D eigenvalue weighted by atomic mass is 10.2. The highest BCUT2D eigenvalue weighted by atomic mass is 32.1. The molecular formula is C16H15F3N2O2S. The highest BCUT2D eigenvalue weighted by Gasteiger charge is 2.31. The molecular weight excluding hydrogens is 341 g/mol. The van der Waals surface area contributed by atoms with E-state index in [-0.39, 0.29) is 24.7 Å². The summed E-state index contributed by atoms with van der Waals surface area (Å²) < 4.78 is 38.4. The Morgan fingerprint density at radius 3 is 2.54 bits per heavy atom. The van der Waals surface area contributed by atoms with Crippen LogP contribution < -0.4 is 10.2 Å². The van der Waals surface area contributed by atoms with Crippen LogP contribution in [0.1, 0.15) is 22.2 Å². The van der Waals surface area contributed by atoms with Gasteiger partial charge in [0.05, 0.1) is 10.4 Å². The van der Waals surface area contributed by atoms with E-state index >= 15 is 0 Å². The van der Waals surface area contributed by atoms with Crippen molar-refractivity contribution in [1.82, 2.24) is 5.32 Å². The number of benzene rings is 1. The van der Waals surface area contributed by atoms with Gasteiger partial charge in [0.2, 0.25) is 5.91 Å². The lowest BCUT2D eigenvalue weighted by Crippen LogP contribution is -2.37. The fraction of sp³-hybridized carbons (Fsp3) is 0.250. The van der Waals surface area contributed by atoms with Crippen LogP contribution in [0.5, 0.6) is 0 Å². The van der Waals surface area contributed by atoms with E-state index in [1.165, 1.54) is 35.3 Å². The number of hydrogen-bond donors (Lipinski definition) is 1. The Hall–Kier alpha value is -2.35. The van der Waals surface area contributed by atoms with Crippen LogP contribution in [-0.2, 0) is 11.0 Å². The molecule has 0 unspecified atom stereocenters. The van der Waals surface area contributed by atoms with Crippen LogP contribution in [0.3, 0.4) is 0 Å². The Morgan fingerprint density at radius 2 is 1.96 bits per heavy atom. The largest absolute Gasteiger partial charge is 0.416 e. The third kappa shape index (κ3) is 4.58. The molecule has 1 N–H and O–H groups in total. The van der Waals surface area contributed by atoms with Gasteiger partial charge in [-0.05, 0) is 29.6 Å². The number of nitrogens with one attached hydrogen (secondary N) is 1. The number of alkyl halides is 3. The van der Waals surface area contributed by atoms with Crippen LogP contribution in [0.2, 0.25) is 0 Å². The molecule has 1 aromatic carbocycles. The maximum Gasteiger partial charge on any atom is 0.416 e. The van der Waals surface area contributed by atoms with Crippen molar-refractivity contribution in [3.05, 3.63) is 52.2 Å². The molecule has 0 aliphatic heterocycles. The number of anilines is 1. The van der Waals surface area contributed by atoms with Crippen molar-refractivity contribution >= 4 is 28.8 Å². The zero-order valence-corrected chi connectivity index (χ0v) is 13.6. The molecule has 0 radical (unpaired) electrons. The highest BCUT2D eigenvalue weighted by molar-refractivity contribution is 7.12. The summed E-state index contributed by atoms with van der Waals surface area (Å²) in [6.45, 7) is 1.47. The summed E-state index contributed by atoms with van der Waals surface area (Å²) in [6.07, 6.45) is -4.48. The molecule has 0 spiro atoms. The molecule has 2 amide bonds. The molecule has 2 rings (SSSR count). The van der Waals surface area contributed by atoms with E-state index in [9.17, 15) is 22.8 Å². The summed E-state index contributed by atoms with van der Waals surface area (Å²) in [5.41, 5.74) is -0.684. The lowest BCUT2D eigenvalue weighted by molar-refractivity contribution is -0.137. The van der Waals surface area contributed by atoms with E-state index in [2.05, 4.69) is 5.32 Å². The summed E-state index contributed by atoms with van der Waals surface area (Å²) >= 11 is 1.28. The maximum absolute atomic E-state index is 12.8. The van der Waals surface area contributed by atoms with Crippen LogP contribution in [0.4, 0.5) is 18.9 Å². The summed E-state index contributed by atoms with van der Waals surface area (Å²) in [6, 6.07) is 7.94. The van der Waals surface area contributed by atoms with Crippen molar-refractivity contribution in [2.24, 2.45) is 0 Å². The smallest absolute Gasteiger partial charge is 0.350 e. The van der Waals surface area contributed by atoms with Crippen LogP contribution in [0.25, 0.3) is 0 Å². The first-order valence-electron chi connectivity index (χ1n) is 7.06. The Balaban J connectivity index is 2.05. The second kappa shape index (κ2) is 7.48. The normalized spacial score (nSPS) is 11.2. The second-order valence-electron chi connectivity index (χ2n) is 4.95. The molecule has 0 saturated carbocycles. The summed E-state index contributed by atoms with van der Waals surface area (Å²) in [4.78, 5) is 25.3. The van der Waals surface area contributed by atoms with E-state index in [0.717, 1.165) is 12.1 Å². The van der Waals surface area contributed by atoms with Crippen LogP contribution in [0.15, 0.2) is 41.8 Å². The van der Waals surface area contributed by atoms with E-state index in [1.54, 1.807) is 17.5 Å². The molecule has 128 valence electrons. The minimum absolute atomic E-state index is 0.0771. The van der Waals surface area contributed by atoms with Crippen molar-refractivity contribution in [2.45, 2.75) is 13.1 Å². The first-order chi connectivity index (χ1) is 11.3. The van der Waals surface area contributed by atoms with Crippen molar-refractivity contribution in [3.8, 4) is 0 Å². The zero-order valence-electron chi connectivity index (χ0n) is 12.8. The number of rotatable bonds is 5. The summed E-state index contributed by atoms with van der Waals surface area (Å²) in [7, 11) is 0. The van der Waals surface area contributed by atoms with Crippen LogP contribution in [-0.4, -0.2) is 24.9 Å². The van der Waals surface area contributed by atoms with Gasteiger partial charge in [-0.2, -0.15) is 13.2 Å². The van der Waals surface area contributed by atoms with Crippen LogP contribution >= 0.6 is 11.3 Å². The van der Waals surface area contributed by atoms with Crippen molar-refractivity contribution in [3.63, 3.8) is 0 Å². The number of thiophene rings is 1. The molecule has 0 aliphatic rings. The number of carbonyl (C=O) groups excluding carboxylic acids is 2. The van der Waals surface area contributed by atoms with Crippen LogP contribution in [0, 0.1) is 0 Å². The van der Waals surface area contributed by atoms with Gasteiger partial charge in [-0.25, -0.2) is 0 Å². The average molecular weight is 356 g/mol. The Bertz CT molecular complexity index is 714. The van der Waals surface area contributed by atoms with Gasteiger partial charge < -0.3 is 10.2 Å². The Labute approximate surface area is 140 Å². The van der Waals surface area contributed by atoms with Gasteiger partial charge in [-0.3, -0.25) is 9.59 Å². The van der Waals surface area contributed by atoms with Gasteiger partial charge in [0.25, 0.3) is 5.91 Å². The molecule has 0 bridgehead atoms. The second-order valence-corrected chi connectivity index (χ2v) is 5.90. The van der Waals surface area contributed by atoms with E-state index in [0.29, 0.717) is 4.88 Å². The first-order valence-corrected chi connectivity index (χ1v) is 7.94. The van der Waals surface area contributed by atoms with Gasteiger partial charge in [0, 0.05) is 25.7 Å². The summed E-state index contributed by atoms with van der Waals surface area (Å²) in [5, 5.41) is 4.40. The van der Waals surface area contributed by atoms with Crippen molar-refractivity contribution in [2.75, 3.05) is 18.0 Å². The maximum atomic E-state index is 12.8. The van der Waals surface area contributed by atoms with E-state index in [1.807, 2.05) is 0 Å². The third-order valence-electron chi connectivity index (χ3n) is 3.23. The highest BCUT2D eigenvalue weighted by Crippen LogP contribution is 2.31. The van der Waals surface area contributed by atoms with Gasteiger partial charge in [0.15, 0.2) is 0 Å². The van der Waals surface area contributed by atoms with Crippen molar-refractivity contribution in [1.29, 1.82) is 0 Å². The fourth-order valence-electron chi connectivity index (χ4n) is 2.09. The first kappa shape index (κ1) is 18.0. The standard InChI is InChI=1S/C16H15F3N2O2S/c1-11(22)21(8-7-20-15(23)14-6-3-9-24-14)13-5-2-4-12(10-13)16(17,18)19/h2-6,9-10H,7-8H2,1H3,(H,20,23). The molecule has 0 saturated heterocycles. The van der Waals surface area contributed by atoms with Gasteiger partial charge >= 0.3 is 6.18 Å². The number of halogens is 3. The molecule has 0 aliphatic carbocycles. The Morgan fingerprint density at radius 1 is 1.21 bits per heavy atom. The lowest BCUT2D eigenvalue weighted by Gasteiger charge is -2.22. The number of hydrogen-bond acceptors (Lipinski definition) is 3. The number of carbonyl (C=O) groups is 2. The predicted octanol–water partition coefficient (Wildman–Crippen LogP) is 3.55. The average Bonchev–Trinajstić information content (AvgIpc) is 3.04. The molecule has 2 aromatic rings. The topological polar surface area (TPSA) is 49.4 Å². The molecule has 1 aromatic heterocycles. The van der Waals surface area contributed by atoms with Gasteiger partial charge in [-0.1, -0.05) is 12.1 Å². The predicted molar refractivity (Wildman–Crippen MR) is 86.1 cm³/mol. The molecule has 8 heteroatoms. The van der Waals surface area contributed by atoms with Gasteiger partial charge in [0.1, 0.15) is 0 Å². The fourth-order valence-corrected chi connectivity index (χ4v) is 2.73. The monoisotopic (exact) mass is 356 g/mol. The van der Waals surface area contributed by atoms with Crippen molar-refractivity contribution < 1.29 is 22.8 Å².